The van der Waals surface area contributed by atoms with Crippen LogP contribution in [-0.4, -0.2) is 19.0 Å². The van der Waals surface area contributed by atoms with Crippen molar-refractivity contribution in [3.8, 4) is 5.75 Å². The molecule has 1 rings (SSSR count). The van der Waals surface area contributed by atoms with E-state index in [9.17, 15) is 9.59 Å². The average molecular weight is 248 g/mol. The van der Waals surface area contributed by atoms with Crippen molar-refractivity contribution in [1.29, 1.82) is 0 Å². The summed E-state index contributed by atoms with van der Waals surface area (Å²) in [7, 11) is 1.33. The Morgan fingerprint density at radius 3 is 2.17 bits per heavy atom. The van der Waals surface area contributed by atoms with Gasteiger partial charge in [-0.3, -0.25) is 4.79 Å². The zero-order valence-electron chi connectivity index (χ0n) is 10.9. The van der Waals surface area contributed by atoms with E-state index in [1.165, 1.54) is 20.1 Å². The number of hydrogen-bond acceptors (Lipinski definition) is 4. The smallest absolute Gasteiger partial charge is 0.330 e. The van der Waals surface area contributed by atoms with Gasteiger partial charge in [0.2, 0.25) is 0 Å². The molecule has 0 amide bonds. The minimum Gasteiger partial charge on any atom is -0.466 e. The standard InChI is InChI=1S/C14H16O4/c1-9-7-12(18-11(3)15)8-10(2)13(9)5-6-14(16)17-4/h5-8H,1-4H3/b6-5+. The van der Waals surface area contributed by atoms with Gasteiger partial charge in [0.05, 0.1) is 7.11 Å². The lowest BCUT2D eigenvalue weighted by Crippen LogP contribution is -2.02. The largest absolute Gasteiger partial charge is 0.466 e. The van der Waals surface area contributed by atoms with Crippen molar-refractivity contribution < 1.29 is 19.1 Å². The van der Waals surface area contributed by atoms with Crippen LogP contribution in [0.25, 0.3) is 6.08 Å². The number of hydrogen-bond donors (Lipinski definition) is 0. The molecule has 0 saturated carbocycles. The summed E-state index contributed by atoms with van der Waals surface area (Å²) in [6, 6.07) is 3.51. The number of aryl methyl sites for hydroxylation is 2. The predicted octanol–water partition coefficient (Wildman–Crippen LogP) is 2.41. The van der Waals surface area contributed by atoms with Crippen LogP contribution in [0.4, 0.5) is 0 Å². The Labute approximate surface area is 106 Å². The first-order chi connectivity index (χ1) is 8.43. The summed E-state index contributed by atoms with van der Waals surface area (Å²) in [5.41, 5.74) is 2.76. The van der Waals surface area contributed by atoms with Crippen LogP contribution >= 0.6 is 0 Å². The van der Waals surface area contributed by atoms with E-state index in [1.54, 1.807) is 18.2 Å². The quantitative estimate of drug-likeness (QED) is 0.468. The summed E-state index contributed by atoms with van der Waals surface area (Å²) in [6.45, 7) is 5.13. The number of methoxy groups -OCH3 is 1. The molecule has 18 heavy (non-hydrogen) atoms. The maximum atomic E-state index is 11.0. The Morgan fingerprint density at radius 2 is 1.72 bits per heavy atom. The van der Waals surface area contributed by atoms with Gasteiger partial charge in [0, 0.05) is 13.0 Å². The monoisotopic (exact) mass is 248 g/mol. The minimum absolute atomic E-state index is 0.355. The van der Waals surface area contributed by atoms with Gasteiger partial charge < -0.3 is 9.47 Å². The van der Waals surface area contributed by atoms with Gasteiger partial charge in [-0.1, -0.05) is 0 Å². The van der Waals surface area contributed by atoms with Crippen LogP contribution in [0.2, 0.25) is 0 Å². The molecule has 0 spiro atoms. The number of benzene rings is 1. The highest BCUT2D eigenvalue weighted by atomic mass is 16.5. The van der Waals surface area contributed by atoms with Crippen molar-refractivity contribution in [1.82, 2.24) is 0 Å². The van der Waals surface area contributed by atoms with E-state index in [1.807, 2.05) is 13.8 Å². The topological polar surface area (TPSA) is 52.6 Å². The lowest BCUT2D eigenvalue weighted by atomic mass is 10.0. The molecular weight excluding hydrogens is 232 g/mol. The van der Waals surface area contributed by atoms with E-state index in [-0.39, 0.29) is 5.97 Å². The molecule has 0 bridgehead atoms. The van der Waals surface area contributed by atoms with Crippen LogP contribution in [-0.2, 0) is 14.3 Å². The van der Waals surface area contributed by atoms with Crippen molar-refractivity contribution in [3.05, 3.63) is 34.9 Å². The van der Waals surface area contributed by atoms with Crippen LogP contribution < -0.4 is 4.74 Å². The number of ether oxygens (including phenoxy) is 2. The average Bonchev–Trinajstić information content (AvgIpc) is 2.26. The molecule has 4 nitrogen and oxygen atoms in total. The number of rotatable bonds is 3. The molecule has 0 N–H and O–H groups in total. The zero-order valence-corrected chi connectivity index (χ0v) is 10.9. The second-order valence-electron chi connectivity index (χ2n) is 3.92. The Kier molecular flexibility index (Phi) is 4.66. The Morgan fingerprint density at radius 1 is 1.17 bits per heavy atom. The molecule has 0 atom stereocenters. The van der Waals surface area contributed by atoms with Gasteiger partial charge in [-0.2, -0.15) is 0 Å². The van der Waals surface area contributed by atoms with E-state index in [0.717, 1.165) is 16.7 Å². The van der Waals surface area contributed by atoms with Crippen LogP contribution in [0.5, 0.6) is 5.75 Å². The Balaban J connectivity index is 3.05. The van der Waals surface area contributed by atoms with Gasteiger partial charge in [0.25, 0.3) is 0 Å². The highest BCUT2D eigenvalue weighted by Crippen LogP contribution is 2.23. The normalized spacial score (nSPS) is 10.4. The van der Waals surface area contributed by atoms with Crippen LogP contribution in [0, 0.1) is 13.8 Å². The molecule has 0 aliphatic carbocycles. The van der Waals surface area contributed by atoms with E-state index < -0.39 is 5.97 Å². The second-order valence-corrected chi connectivity index (χ2v) is 3.92. The van der Waals surface area contributed by atoms with E-state index in [2.05, 4.69) is 4.74 Å². The number of esters is 2. The maximum absolute atomic E-state index is 11.0. The van der Waals surface area contributed by atoms with Gasteiger partial charge >= 0.3 is 11.9 Å². The van der Waals surface area contributed by atoms with Gasteiger partial charge in [-0.25, -0.2) is 4.79 Å². The van der Waals surface area contributed by atoms with Crippen molar-refractivity contribution in [3.63, 3.8) is 0 Å². The summed E-state index contributed by atoms with van der Waals surface area (Å²) in [5.74, 6) is -0.253. The fraction of sp³-hybridized carbons (Fsp3) is 0.286. The summed E-state index contributed by atoms with van der Waals surface area (Å²) in [6.07, 6.45) is 3.05. The van der Waals surface area contributed by atoms with Gasteiger partial charge in [0.1, 0.15) is 5.75 Å². The van der Waals surface area contributed by atoms with Crippen molar-refractivity contribution in [2.75, 3.05) is 7.11 Å². The SMILES string of the molecule is COC(=O)/C=C/c1c(C)cc(OC(C)=O)cc1C. The highest BCUT2D eigenvalue weighted by molar-refractivity contribution is 5.87. The molecule has 96 valence electrons. The third-order valence-electron chi connectivity index (χ3n) is 2.42. The minimum atomic E-state index is -0.405. The molecule has 4 heteroatoms. The first-order valence-corrected chi connectivity index (χ1v) is 5.49. The summed E-state index contributed by atoms with van der Waals surface area (Å²) >= 11 is 0. The third-order valence-corrected chi connectivity index (χ3v) is 2.42. The van der Waals surface area contributed by atoms with Crippen LogP contribution in [0.1, 0.15) is 23.6 Å². The summed E-state index contributed by atoms with van der Waals surface area (Å²) in [4.78, 5) is 21.9. The summed E-state index contributed by atoms with van der Waals surface area (Å²) < 4.78 is 9.56. The molecule has 0 unspecified atom stereocenters. The first-order valence-electron chi connectivity index (χ1n) is 5.49. The summed E-state index contributed by atoms with van der Waals surface area (Å²) in [5, 5.41) is 0. The van der Waals surface area contributed by atoms with Gasteiger partial charge in [-0.05, 0) is 48.7 Å². The molecule has 0 saturated heterocycles. The molecular formula is C14H16O4. The first kappa shape index (κ1) is 14.0. The van der Waals surface area contributed by atoms with E-state index in [4.69, 9.17) is 4.74 Å². The second kappa shape index (κ2) is 6.00. The molecule has 0 fully saturated rings. The fourth-order valence-electron chi connectivity index (χ4n) is 1.64. The zero-order chi connectivity index (χ0) is 13.7. The lowest BCUT2D eigenvalue weighted by Gasteiger charge is -2.09. The van der Waals surface area contributed by atoms with E-state index in [0.29, 0.717) is 5.75 Å². The van der Waals surface area contributed by atoms with Crippen molar-refractivity contribution in [2.24, 2.45) is 0 Å². The predicted molar refractivity (Wildman–Crippen MR) is 68.3 cm³/mol. The van der Waals surface area contributed by atoms with Gasteiger partial charge in [0.15, 0.2) is 0 Å². The molecule has 0 aliphatic rings. The van der Waals surface area contributed by atoms with Gasteiger partial charge in [-0.15, -0.1) is 0 Å². The molecule has 0 heterocycles. The molecule has 1 aromatic carbocycles. The van der Waals surface area contributed by atoms with Crippen molar-refractivity contribution in [2.45, 2.75) is 20.8 Å². The molecule has 1 aromatic rings. The highest BCUT2D eigenvalue weighted by Gasteiger charge is 2.05. The fourth-order valence-corrected chi connectivity index (χ4v) is 1.64. The van der Waals surface area contributed by atoms with Crippen LogP contribution in [0.15, 0.2) is 18.2 Å². The molecule has 0 aromatic heterocycles. The Hall–Kier alpha value is -2.10. The van der Waals surface area contributed by atoms with Crippen LogP contribution in [0.3, 0.4) is 0 Å². The Bertz CT molecular complexity index is 478. The number of carbonyl (C=O) groups excluding carboxylic acids is 2. The lowest BCUT2D eigenvalue weighted by molar-refractivity contribution is -0.135. The third kappa shape index (κ3) is 3.73. The van der Waals surface area contributed by atoms with E-state index >= 15 is 0 Å². The molecule has 0 aliphatic heterocycles. The maximum Gasteiger partial charge on any atom is 0.330 e. The molecule has 0 radical (unpaired) electrons. The number of carbonyl (C=O) groups is 2. The van der Waals surface area contributed by atoms with Crippen molar-refractivity contribution >= 4 is 18.0 Å².